The molecule has 112 valence electrons. The zero-order chi connectivity index (χ0) is 14.3. The van der Waals surface area contributed by atoms with E-state index < -0.39 is 0 Å². The van der Waals surface area contributed by atoms with E-state index >= 15 is 0 Å². The van der Waals surface area contributed by atoms with Crippen molar-refractivity contribution < 1.29 is 9.53 Å². The van der Waals surface area contributed by atoms with E-state index in [-0.39, 0.29) is 18.0 Å². The topological polar surface area (TPSA) is 26.3 Å². The quantitative estimate of drug-likeness (QED) is 0.554. The number of rotatable bonds is 2. The number of carbonyl (C=O) groups excluding carboxylic acids is 1. The van der Waals surface area contributed by atoms with Crippen LogP contribution in [0.1, 0.15) is 59.3 Å². The predicted octanol–water partition coefficient (Wildman–Crippen LogP) is 4.35. The van der Waals surface area contributed by atoms with E-state index in [1.54, 1.807) is 0 Å². The van der Waals surface area contributed by atoms with E-state index in [4.69, 9.17) is 4.74 Å². The van der Waals surface area contributed by atoms with Crippen LogP contribution in [0, 0.1) is 29.1 Å². The van der Waals surface area contributed by atoms with Gasteiger partial charge >= 0.3 is 5.97 Å². The highest BCUT2D eigenvalue weighted by Crippen LogP contribution is 2.44. The molecule has 2 fully saturated rings. The van der Waals surface area contributed by atoms with Gasteiger partial charge in [0.15, 0.2) is 0 Å². The first-order valence-corrected chi connectivity index (χ1v) is 8.32. The number of ether oxygens (including phenoxy) is 1. The molecule has 0 aromatic heterocycles. The van der Waals surface area contributed by atoms with Crippen molar-refractivity contribution >= 4 is 5.97 Å². The monoisotopic (exact) mass is 276 g/mol. The Bertz CT molecular complexity index is 396. The van der Waals surface area contributed by atoms with Crippen molar-refractivity contribution in [2.75, 3.05) is 0 Å². The second kappa shape index (κ2) is 5.20. The van der Waals surface area contributed by atoms with E-state index in [1.165, 1.54) is 19.3 Å². The number of fused-ring (bicyclic) bond motifs is 2. The second-order valence-corrected chi connectivity index (χ2v) is 8.16. The molecular weight excluding hydrogens is 248 g/mol. The Hall–Kier alpha value is -0.790. The maximum Gasteiger partial charge on any atom is 0.309 e. The van der Waals surface area contributed by atoms with Gasteiger partial charge in [0.2, 0.25) is 0 Å². The summed E-state index contributed by atoms with van der Waals surface area (Å²) < 4.78 is 5.82. The van der Waals surface area contributed by atoms with Crippen LogP contribution in [-0.4, -0.2) is 12.1 Å². The minimum absolute atomic E-state index is 0.0843. The van der Waals surface area contributed by atoms with Crippen LogP contribution >= 0.6 is 0 Å². The summed E-state index contributed by atoms with van der Waals surface area (Å²) in [5.41, 5.74) is 0.393. The summed E-state index contributed by atoms with van der Waals surface area (Å²) in [5, 5.41) is 0. The first kappa shape index (κ1) is 14.2. The molecule has 3 aliphatic rings. The van der Waals surface area contributed by atoms with Gasteiger partial charge in [-0.1, -0.05) is 32.9 Å². The van der Waals surface area contributed by atoms with Crippen LogP contribution in [-0.2, 0) is 9.53 Å². The van der Waals surface area contributed by atoms with Crippen molar-refractivity contribution in [3.8, 4) is 0 Å². The third kappa shape index (κ3) is 2.80. The maximum atomic E-state index is 12.3. The van der Waals surface area contributed by atoms with E-state index in [1.807, 2.05) is 0 Å². The van der Waals surface area contributed by atoms with Gasteiger partial charge in [-0.2, -0.15) is 0 Å². The van der Waals surface area contributed by atoms with Crippen LogP contribution in [0.3, 0.4) is 0 Å². The van der Waals surface area contributed by atoms with Crippen molar-refractivity contribution in [1.29, 1.82) is 0 Å². The summed E-state index contributed by atoms with van der Waals surface area (Å²) >= 11 is 0. The lowest BCUT2D eigenvalue weighted by Gasteiger charge is -2.37. The molecule has 2 bridgehead atoms. The Morgan fingerprint density at radius 3 is 2.25 bits per heavy atom. The number of allylic oxidation sites excluding steroid dienone is 2. The van der Waals surface area contributed by atoms with Gasteiger partial charge in [0.1, 0.15) is 6.10 Å². The fourth-order valence-electron chi connectivity index (χ4n) is 4.35. The largest absolute Gasteiger partial charge is 0.462 e. The zero-order valence-corrected chi connectivity index (χ0v) is 13.1. The van der Waals surface area contributed by atoms with Gasteiger partial charge in [0.25, 0.3) is 0 Å². The lowest BCUT2D eigenvalue weighted by atomic mass is 9.72. The van der Waals surface area contributed by atoms with Crippen molar-refractivity contribution in [2.24, 2.45) is 29.1 Å². The summed E-state index contributed by atoms with van der Waals surface area (Å²) in [6, 6.07) is 0. The SMILES string of the molecule is CC(C)(C)C1CCC(OC(=O)C2CC3C=CC2C3)CC1. The van der Waals surface area contributed by atoms with Gasteiger partial charge in [-0.15, -0.1) is 0 Å². The summed E-state index contributed by atoms with van der Waals surface area (Å²) in [7, 11) is 0. The Morgan fingerprint density at radius 1 is 1.05 bits per heavy atom. The van der Waals surface area contributed by atoms with Crippen molar-refractivity contribution in [2.45, 2.75) is 65.4 Å². The molecule has 0 aliphatic heterocycles. The number of hydrogen-bond acceptors (Lipinski definition) is 2. The van der Waals surface area contributed by atoms with Crippen LogP contribution in [0.15, 0.2) is 12.2 Å². The van der Waals surface area contributed by atoms with Crippen LogP contribution in [0.25, 0.3) is 0 Å². The minimum Gasteiger partial charge on any atom is -0.462 e. The average Bonchev–Trinajstić information content (AvgIpc) is 3.00. The zero-order valence-electron chi connectivity index (χ0n) is 13.1. The van der Waals surface area contributed by atoms with Gasteiger partial charge < -0.3 is 4.74 Å². The Labute approximate surface area is 123 Å². The highest BCUT2D eigenvalue weighted by Gasteiger charge is 2.41. The highest BCUT2D eigenvalue weighted by atomic mass is 16.5. The number of carbonyl (C=O) groups is 1. The van der Waals surface area contributed by atoms with Crippen LogP contribution in [0.2, 0.25) is 0 Å². The van der Waals surface area contributed by atoms with Gasteiger partial charge in [0, 0.05) is 0 Å². The third-order valence-electron chi connectivity index (χ3n) is 5.76. The molecule has 3 unspecified atom stereocenters. The summed E-state index contributed by atoms with van der Waals surface area (Å²) in [6.45, 7) is 6.97. The molecule has 3 aliphatic carbocycles. The Balaban J connectivity index is 1.48. The van der Waals surface area contributed by atoms with E-state index in [2.05, 4.69) is 32.9 Å². The van der Waals surface area contributed by atoms with Crippen LogP contribution in [0.4, 0.5) is 0 Å². The molecular formula is C18H28O2. The molecule has 0 aromatic rings. The van der Waals surface area contributed by atoms with E-state index in [0.717, 1.165) is 25.2 Å². The summed E-state index contributed by atoms with van der Waals surface area (Å²) in [6.07, 6.45) is 11.4. The van der Waals surface area contributed by atoms with Crippen LogP contribution < -0.4 is 0 Å². The number of esters is 1. The normalized spacial score (nSPS) is 40.0. The molecule has 0 aromatic carbocycles. The van der Waals surface area contributed by atoms with Gasteiger partial charge in [-0.3, -0.25) is 4.79 Å². The summed E-state index contributed by atoms with van der Waals surface area (Å²) in [4.78, 5) is 12.3. The predicted molar refractivity (Wildman–Crippen MR) is 80.1 cm³/mol. The smallest absolute Gasteiger partial charge is 0.309 e. The third-order valence-corrected chi connectivity index (χ3v) is 5.76. The molecule has 0 heterocycles. The molecule has 0 saturated heterocycles. The van der Waals surface area contributed by atoms with Crippen molar-refractivity contribution in [1.82, 2.24) is 0 Å². The molecule has 2 nitrogen and oxygen atoms in total. The van der Waals surface area contributed by atoms with Gasteiger partial charge in [-0.25, -0.2) is 0 Å². The fourth-order valence-corrected chi connectivity index (χ4v) is 4.35. The van der Waals surface area contributed by atoms with E-state index in [9.17, 15) is 4.79 Å². The molecule has 0 N–H and O–H groups in total. The molecule has 3 atom stereocenters. The molecule has 2 saturated carbocycles. The standard InChI is InChI=1S/C18H28O2/c1-18(2,3)14-6-8-15(9-7-14)20-17(19)16-11-12-4-5-13(16)10-12/h4-5,12-16H,6-11H2,1-3H3. The van der Waals surface area contributed by atoms with Gasteiger partial charge in [-0.05, 0) is 61.7 Å². The molecule has 0 spiro atoms. The average molecular weight is 276 g/mol. The molecule has 20 heavy (non-hydrogen) atoms. The van der Waals surface area contributed by atoms with Crippen LogP contribution in [0.5, 0.6) is 0 Å². The first-order chi connectivity index (χ1) is 9.43. The summed E-state index contributed by atoms with van der Waals surface area (Å²) in [5.74, 6) is 2.14. The molecule has 3 rings (SSSR count). The lowest BCUT2D eigenvalue weighted by molar-refractivity contribution is -0.157. The number of hydrogen-bond donors (Lipinski definition) is 0. The molecule has 0 amide bonds. The lowest BCUT2D eigenvalue weighted by Crippen LogP contribution is -2.32. The van der Waals surface area contributed by atoms with E-state index in [0.29, 0.717) is 17.3 Å². The van der Waals surface area contributed by atoms with Gasteiger partial charge in [0.05, 0.1) is 5.92 Å². The van der Waals surface area contributed by atoms with Crippen molar-refractivity contribution in [3.05, 3.63) is 12.2 Å². The minimum atomic E-state index is 0.0843. The second-order valence-electron chi connectivity index (χ2n) is 8.16. The van der Waals surface area contributed by atoms with Crippen molar-refractivity contribution in [3.63, 3.8) is 0 Å². The highest BCUT2D eigenvalue weighted by molar-refractivity contribution is 5.74. The fraction of sp³-hybridized carbons (Fsp3) is 0.833. The molecule has 0 radical (unpaired) electrons. The first-order valence-electron chi connectivity index (χ1n) is 8.32. The Morgan fingerprint density at radius 2 is 1.75 bits per heavy atom. The Kier molecular flexibility index (Phi) is 3.68. The maximum absolute atomic E-state index is 12.3. The molecule has 2 heteroatoms.